The maximum Gasteiger partial charge on any atom is 0.410 e. The SMILES string of the molecule is CC(C)(C)OC(=O)N1CCN(CCO)CC1.CC(C)(C)OC(=O)N1CCN(CCOc2cccc(F)c2C#N)CC1. The molecule has 2 fully saturated rings. The predicted molar refractivity (Wildman–Crippen MR) is 152 cm³/mol. The van der Waals surface area contributed by atoms with Crippen LogP contribution in [-0.4, -0.2) is 127 Å². The van der Waals surface area contributed by atoms with Gasteiger partial charge in [-0.3, -0.25) is 9.80 Å². The minimum atomic E-state index is -0.578. The average molecular weight is 580 g/mol. The molecule has 2 heterocycles. The summed E-state index contributed by atoms with van der Waals surface area (Å²) in [5.74, 6) is -0.319. The third-order valence-electron chi connectivity index (χ3n) is 6.22. The molecule has 1 aromatic carbocycles. The van der Waals surface area contributed by atoms with Crippen molar-refractivity contribution in [2.24, 2.45) is 0 Å². The summed E-state index contributed by atoms with van der Waals surface area (Å²) in [6.07, 6.45) is -0.530. The molecule has 0 aromatic heterocycles. The van der Waals surface area contributed by atoms with Crippen LogP contribution in [0.4, 0.5) is 14.0 Å². The van der Waals surface area contributed by atoms with Gasteiger partial charge in [0.2, 0.25) is 0 Å². The number of carbonyl (C=O) groups is 2. The number of rotatable bonds is 6. The minimum Gasteiger partial charge on any atom is -0.491 e. The van der Waals surface area contributed by atoms with Crippen LogP contribution < -0.4 is 4.74 Å². The van der Waals surface area contributed by atoms with E-state index in [0.29, 0.717) is 45.9 Å². The molecule has 0 radical (unpaired) electrons. The summed E-state index contributed by atoms with van der Waals surface area (Å²) in [5.41, 5.74) is -0.998. The number of ether oxygens (including phenoxy) is 3. The molecule has 0 spiro atoms. The highest BCUT2D eigenvalue weighted by Crippen LogP contribution is 2.20. The van der Waals surface area contributed by atoms with Gasteiger partial charge in [0.25, 0.3) is 0 Å². The molecule has 41 heavy (non-hydrogen) atoms. The van der Waals surface area contributed by atoms with Crippen molar-refractivity contribution in [2.75, 3.05) is 78.7 Å². The van der Waals surface area contributed by atoms with Gasteiger partial charge in [-0.1, -0.05) is 6.07 Å². The first-order chi connectivity index (χ1) is 19.2. The number of hydrogen-bond donors (Lipinski definition) is 1. The molecule has 11 nitrogen and oxygen atoms in total. The molecule has 0 atom stereocenters. The zero-order valence-electron chi connectivity index (χ0n) is 25.3. The van der Waals surface area contributed by atoms with E-state index in [1.807, 2.05) is 47.6 Å². The van der Waals surface area contributed by atoms with Crippen molar-refractivity contribution in [2.45, 2.75) is 52.7 Å². The van der Waals surface area contributed by atoms with Crippen LogP contribution >= 0.6 is 0 Å². The van der Waals surface area contributed by atoms with Gasteiger partial charge in [-0.15, -0.1) is 0 Å². The summed E-state index contributed by atoms with van der Waals surface area (Å²) in [6, 6.07) is 6.16. The van der Waals surface area contributed by atoms with Crippen LogP contribution in [0.1, 0.15) is 47.1 Å². The first-order valence-electron chi connectivity index (χ1n) is 14.0. The van der Waals surface area contributed by atoms with Crippen molar-refractivity contribution in [3.8, 4) is 11.8 Å². The molecule has 2 amide bonds. The Morgan fingerprint density at radius 2 is 1.32 bits per heavy atom. The second-order valence-corrected chi connectivity index (χ2v) is 11.9. The average Bonchev–Trinajstić information content (AvgIpc) is 2.88. The number of aliphatic hydroxyl groups is 1. The third kappa shape index (κ3) is 12.5. The zero-order chi connectivity index (χ0) is 30.6. The van der Waals surface area contributed by atoms with Crippen molar-refractivity contribution in [1.29, 1.82) is 5.26 Å². The molecule has 0 unspecified atom stereocenters. The minimum absolute atomic E-state index is 0.0720. The fourth-order valence-electron chi connectivity index (χ4n) is 4.12. The highest BCUT2D eigenvalue weighted by atomic mass is 19.1. The van der Waals surface area contributed by atoms with E-state index in [1.165, 1.54) is 12.1 Å². The molecule has 1 N–H and O–H groups in total. The zero-order valence-corrected chi connectivity index (χ0v) is 25.3. The van der Waals surface area contributed by atoms with Gasteiger partial charge in [0.05, 0.1) is 6.61 Å². The molecule has 0 saturated carbocycles. The van der Waals surface area contributed by atoms with Crippen LogP contribution in [0, 0.1) is 17.1 Å². The Morgan fingerprint density at radius 3 is 1.73 bits per heavy atom. The van der Waals surface area contributed by atoms with Gasteiger partial charge in [0, 0.05) is 65.4 Å². The van der Waals surface area contributed by atoms with E-state index in [4.69, 9.17) is 24.6 Å². The molecule has 2 saturated heterocycles. The van der Waals surface area contributed by atoms with E-state index in [9.17, 15) is 14.0 Å². The molecule has 2 aliphatic rings. The summed E-state index contributed by atoms with van der Waals surface area (Å²) >= 11 is 0. The number of β-amino-alcohol motifs (C(OH)–C–C–N with tert-alkyl or cyclic N) is 1. The molecule has 0 bridgehead atoms. The second kappa shape index (κ2) is 15.7. The van der Waals surface area contributed by atoms with Crippen LogP contribution in [-0.2, 0) is 9.47 Å². The summed E-state index contributed by atoms with van der Waals surface area (Å²) in [4.78, 5) is 31.4. The highest BCUT2D eigenvalue weighted by molar-refractivity contribution is 5.68. The maximum absolute atomic E-state index is 13.5. The van der Waals surface area contributed by atoms with E-state index >= 15 is 0 Å². The fourth-order valence-corrected chi connectivity index (χ4v) is 4.12. The lowest BCUT2D eigenvalue weighted by Crippen LogP contribution is -2.50. The standard InChI is InChI=1S/C18H24FN3O3.C11H22N2O3/c1-18(2,3)25-17(23)22-9-7-21(8-10-22)11-12-24-16-6-4-5-15(19)14(16)13-20;1-11(2,3)16-10(15)13-6-4-12(5-7-13)8-9-14/h4-6H,7-12H2,1-3H3;14H,4-9H2,1-3H3. The van der Waals surface area contributed by atoms with Crippen molar-refractivity contribution >= 4 is 12.2 Å². The molecule has 3 rings (SSSR count). The smallest absolute Gasteiger partial charge is 0.410 e. The van der Waals surface area contributed by atoms with Crippen LogP contribution in [0.15, 0.2) is 18.2 Å². The number of carbonyl (C=O) groups excluding carboxylic acids is 2. The maximum atomic E-state index is 13.5. The highest BCUT2D eigenvalue weighted by Gasteiger charge is 2.27. The van der Waals surface area contributed by atoms with Crippen LogP contribution in [0.3, 0.4) is 0 Å². The van der Waals surface area contributed by atoms with Crippen molar-refractivity contribution < 1.29 is 33.3 Å². The van der Waals surface area contributed by atoms with Crippen LogP contribution in [0.25, 0.3) is 0 Å². The van der Waals surface area contributed by atoms with Gasteiger partial charge >= 0.3 is 12.2 Å². The number of nitriles is 1. The Labute approximate surface area is 243 Å². The number of aliphatic hydroxyl groups excluding tert-OH is 1. The predicted octanol–water partition coefficient (Wildman–Crippen LogP) is 3.16. The number of hydrogen-bond acceptors (Lipinski definition) is 9. The lowest BCUT2D eigenvalue weighted by Gasteiger charge is -2.35. The first kappa shape index (κ1) is 34.1. The monoisotopic (exact) mass is 579 g/mol. The van der Waals surface area contributed by atoms with Gasteiger partial charge in [0.1, 0.15) is 41.0 Å². The summed E-state index contributed by atoms with van der Waals surface area (Å²) in [5, 5.41) is 17.8. The van der Waals surface area contributed by atoms with Gasteiger partial charge < -0.3 is 29.1 Å². The van der Waals surface area contributed by atoms with E-state index in [-0.39, 0.29) is 30.1 Å². The van der Waals surface area contributed by atoms with E-state index < -0.39 is 17.0 Å². The fraction of sp³-hybridized carbons (Fsp3) is 0.690. The quantitative estimate of drug-likeness (QED) is 0.542. The summed E-state index contributed by atoms with van der Waals surface area (Å²) < 4.78 is 29.7. The normalized spacial score (nSPS) is 16.8. The summed E-state index contributed by atoms with van der Waals surface area (Å²) in [7, 11) is 0. The van der Waals surface area contributed by atoms with E-state index in [0.717, 1.165) is 26.2 Å². The van der Waals surface area contributed by atoms with Crippen LogP contribution in [0.2, 0.25) is 0 Å². The number of piperazine rings is 2. The number of amides is 2. The van der Waals surface area contributed by atoms with E-state index in [1.54, 1.807) is 15.9 Å². The lowest BCUT2D eigenvalue weighted by atomic mass is 10.2. The number of benzene rings is 1. The Balaban J connectivity index is 0.000000317. The lowest BCUT2D eigenvalue weighted by molar-refractivity contribution is 0.0125. The Hall–Kier alpha value is -3.14. The van der Waals surface area contributed by atoms with Crippen LogP contribution in [0.5, 0.6) is 5.75 Å². The largest absolute Gasteiger partial charge is 0.491 e. The molecule has 12 heteroatoms. The molecule has 230 valence electrons. The molecule has 0 aliphatic carbocycles. The van der Waals surface area contributed by atoms with Crippen molar-refractivity contribution in [1.82, 2.24) is 19.6 Å². The van der Waals surface area contributed by atoms with Crippen molar-refractivity contribution in [3.05, 3.63) is 29.6 Å². The Morgan fingerprint density at radius 1 is 0.854 bits per heavy atom. The van der Waals surface area contributed by atoms with Crippen molar-refractivity contribution in [3.63, 3.8) is 0 Å². The third-order valence-corrected chi connectivity index (χ3v) is 6.22. The first-order valence-corrected chi connectivity index (χ1v) is 14.0. The second-order valence-electron chi connectivity index (χ2n) is 11.9. The van der Waals surface area contributed by atoms with Gasteiger partial charge in [-0.2, -0.15) is 5.26 Å². The molecular formula is C29H46FN5O6. The number of nitrogens with zero attached hydrogens (tertiary/aromatic N) is 5. The van der Waals surface area contributed by atoms with Gasteiger partial charge in [0.15, 0.2) is 0 Å². The molecular weight excluding hydrogens is 533 g/mol. The number of halogens is 1. The van der Waals surface area contributed by atoms with E-state index in [2.05, 4.69) is 9.80 Å². The summed E-state index contributed by atoms with van der Waals surface area (Å²) in [6.45, 7) is 18.6. The topological polar surface area (TPSA) is 119 Å². The van der Waals surface area contributed by atoms with Gasteiger partial charge in [-0.25, -0.2) is 14.0 Å². The molecule has 1 aromatic rings. The molecule has 2 aliphatic heterocycles. The van der Waals surface area contributed by atoms with Gasteiger partial charge in [-0.05, 0) is 53.7 Å². The Bertz CT molecular complexity index is 1020. The Kier molecular flexibility index (Phi) is 13.1.